The molecule has 0 aliphatic heterocycles. The minimum absolute atomic E-state index is 0.0437. The van der Waals surface area contributed by atoms with Gasteiger partial charge in [0.1, 0.15) is 10.6 Å². The first kappa shape index (κ1) is 39.3. The summed E-state index contributed by atoms with van der Waals surface area (Å²) < 4.78 is 167. The molecule has 0 heterocycles. The van der Waals surface area contributed by atoms with Crippen LogP contribution >= 0.6 is 0 Å². The molecule has 0 bridgehead atoms. The highest BCUT2D eigenvalue weighted by molar-refractivity contribution is 7.87. The number of aromatic hydroxyl groups is 1. The van der Waals surface area contributed by atoms with Crippen molar-refractivity contribution in [2.75, 3.05) is 0 Å². The minimum atomic E-state index is -5.19. The van der Waals surface area contributed by atoms with Crippen molar-refractivity contribution in [3.8, 4) is 5.75 Å². The van der Waals surface area contributed by atoms with E-state index in [9.17, 15) is 70.0 Å². The summed E-state index contributed by atoms with van der Waals surface area (Å²) in [6.07, 6.45) is 0. The smallest absolute Gasteiger partial charge is 0.298 e. The predicted molar refractivity (Wildman–Crippen MR) is 191 cm³/mol. The van der Waals surface area contributed by atoms with Gasteiger partial charge in [-0.3, -0.25) is 22.8 Å². The minimum Gasteiger partial charge on any atom is -0.504 e. The van der Waals surface area contributed by atoms with Gasteiger partial charge in [0.25, 0.3) is 50.6 Å². The molecule has 0 saturated carbocycles. The van der Waals surface area contributed by atoms with Crippen LogP contribution in [0.3, 0.4) is 0 Å². The van der Waals surface area contributed by atoms with Crippen molar-refractivity contribution in [3.05, 3.63) is 84.9 Å². The number of hydrogen-bond acceptors (Lipinski definition) is 15. The number of rotatable bonds is 9. The molecule has 286 valence electrons. The first-order chi connectivity index (χ1) is 25.3. The fraction of sp³-hybridized carbons (Fsp3) is 0. The maximum atomic E-state index is 12.1. The summed E-state index contributed by atoms with van der Waals surface area (Å²) in [4.78, 5) is -3.77. The van der Waals surface area contributed by atoms with Crippen LogP contribution in [0.2, 0.25) is 0 Å². The molecule has 0 saturated heterocycles. The van der Waals surface area contributed by atoms with Crippen LogP contribution in [0.1, 0.15) is 0 Å². The van der Waals surface area contributed by atoms with E-state index in [4.69, 9.17) is 0 Å². The summed E-state index contributed by atoms with van der Waals surface area (Å²) in [6, 6.07) is 14.0. The topological polar surface area (TPSA) is 342 Å². The van der Waals surface area contributed by atoms with Crippen molar-refractivity contribution in [2.24, 2.45) is 20.5 Å². The quantitative estimate of drug-likeness (QED) is 0.0726. The Labute approximate surface area is 309 Å². The average molecular weight is 853 g/mol. The molecule has 20 nitrogen and oxygen atoms in total. The van der Waals surface area contributed by atoms with Crippen molar-refractivity contribution >= 4 is 106 Å². The highest BCUT2D eigenvalue weighted by Crippen LogP contribution is 2.43. The average Bonchev–Trinajstić information content (AvgIpc) is 3.06. The van der Waals surface area contributed by atoms with E-state index >= 15 is 0 Å². The van der Waals surface area contributed by atoms with Crippen LogP contribution in [0, 0.1) is 0 Å². The summed E-state index contributed by atoms with van der Waals surface area (Å²) in [5, 5.41) is 26.6. The van der Waals surface area contributed by atoms with Crippen LogP contribution in [0.25, 0.3) is 32.3 Å². The highest BCUT2D eigenvalue weighted by Gasteiger charge is 2.24. The van der Waals surface area contributed by atoms with Gasteiger partial charge in [-0.2, -0.15) is 47.2 Å². The first-order valence-corrected chi connectivity index (χ1v) is 21.7. The lowest BCUT2D eigenvalue weighted by Gasteiger charge is -2.10. The molecule has 0 fully saturated rings. The molecule has 6 aromatic rings. The molecular formula is C30H20N4O16S5. The molecule has 0 amide bonds. The van der Waals surface area contributed by atoms with Crippen LogP contribution in [0.4, 0.5) is 22.7 Å². The van der Waals surface area contributed by atoms with Crippen LogP contribution in [0.15, 0.2) is 130 Å². The predicted octanol–water partition coefficient (Wildman–Crippen LogP) is 5.92. The summed E-state index contributed by atoms with van der Waals surface area (Å²) in [5.41, 5.74) is -1.29. The molecular weight excluding hydrogens is 833 g/mol. The van der Waals surface area contributed by atoms with E-state index in [1.807, 2.05) is 0 Å². The molecule has 6 aromatic carbocycles. The van der Waals surface area contributed by atoms with E-state index in [1.165, 1.54) is 18.2 Å². The zero-order valence-corrected chi connectivity index (χ0v) is 30.8. The number of hydrogen-bond donors (Lipinski definition) is 6. The largest absolute Gasteiger partial charge is 0.504 e. The van der Waals surface area contributed by atoms with Crippen molar-refractivity contribution in [2.45, 2.75) is 24.5 Å². The Hall–Kier alpha value is -5.35. The van der Waals surface area contributed by atoms with Gasteiger partial charge >= 0.3 is 0 Å². The lowest BCUT2D eigenvalue weighted by molar-refractivity contribution is 0.444. The molecule has 55 heavy (non-hydrogen) atoms. The van der Waals surface area contributed by atoms with Crippen molar-refractivity contribution in [1.29, 1.82) is 0 Å². The Balaban J connectivity index is 1.58. The van der Waals surface area contributed by atoms with E-state index in [2.05, 4.69) is 20.5 Å². The van der Waals surface area contributed by atoms with E-state index in [0.29, 0.717) is 6.07 Å². The zero-order valence-electron chi connectivity index (χ0n) is 26.7. The normalized spacial score (nSPS) is 13.5. The van der Waals surface area contributed by atoms with Crippen molar-refractivity contribution < 1.29 is 70.0 Å². The van der Waals surface area contributed by atoms with Gasteiger partial charge in [0.15, 0.2) is 5.75 Å². The Morgan fingerprint density at radius 3 is 1.42 bits per heavy atom. The summed E-state index contributed by atoms with van der Waals surface area (Å²) in [5.74, 6) is -1.15. The monoisotopic (exact) mass is 852 g/mol. The molecule has 0 aromatic heterocycles. The molecule has 25 heteroatoms. The maximum absolute atomic E-state index is 12.1. The number of nitrogens with zero attached hydrogens (tertiary/aromatic N) is 4. The molecule has 0 aliphatic rings. The third kappa shape index (κ3) is 8.20. The Bertz CT molecular complexity index is 3290. The molecule has 6 rings (SSSR count). The van der Waals surface area contributed by atoms with E-state index in [-0.39, 0.29) is 49.4 Å². The van der Waals surface area contributed by atoms with Crippen LogP contribution < -0.4 is 0 Å². The second kappa shape index (κ2) is 13.4. The van der Waals surface area contributed by atoms with Gasteiger partial charge in [-0.05, 0) is 82.9 Å². The van der Waals surface area contributed by atoms with E-state index in [0.717, 1.165) is 60.7 Å². The summed E-state index contributed by atoms with van der Waals surface area (Å²) in [7, 11) is -24.4. The van der Waals surface area contributed by atoms with Crippen LogP contribution in [-0.4, -0.2) is 70.0 Å². The van der Waals surface area contributed by atoms with Gasteiger partial charge in [0.05, 0.1) is 36.6 Å². The van der Waals surface area contributed by atoms with Gasteiger partial charge < -0.3 is 5.11 Å². The molecule has 0 spiro atoms. The fourth-order valence-electron chi connectivity index (χ4n) is 5.30. The number of azo groups is 2. The molecule has 6 N–H and O–H groups in total. The molecule has 0 unspecified atom stereocenters. The Kier molecular flexibility index (Phi) is 9.62. The molecule has 0 radical (unpaired) electrons. The Morgan fingerprint density at radius 2 is 0.855 bits per heavy atom. The van der Waals surface area contributed by atoms with Crippen molar-refractivity contribution in [3.63, 3.8) is 0 Å². The SMILES string of the molecule is O=S(=O)(O)c1ccc2c(N=Nc3cc(N=Nc4c(O)c(S(=O)(=O)O)cc5cc(S(=O)(=O)O)ccc45)c4cc(S(=O)(=O)O)ccc4c3)cc(S(=O)(=O)O)cc2c1. The highest BCUT2D eigenvalue weighted by atomic mass is 32.2. The number of phenols is 1. The second-order valence-electron chi connectivity index (χ2n) is 11.4. The molecule has 0 aliphatic carbocycles. The van der Waals surface area contributed by atoms with Gasteiger partial charge in [-0.1, -0.05) is 18.2 Å². The second-order valence-corrected chi connectivity index (χ2v) is 18.5. The van der Waals surface area contributed by atoms with Gasteiger partial charge in [0.2, 0.25) is 0 Å². The zero-order chi connectivity index (χ0) is 40.5. The third-order valence-corrected chi connectivity index (χ3v) is 12.0. The number of phenolic OH excluding ortho intramolecular Hbond substituents is 1. The van der Waals surface area contributed by atoms with E-state index < -0.39 is 86.5 Å². The third-order valence-electron chi connectivity index (χ3n) is 7.79. The first-order valence-electron chi connectivity index (χ1n) is 14.5. The lowest BCUT2D eigenvalue weighted by Crippen LogP contribution is -2.00. The lowest BCUT2D eigenvalue weighted by atomic mass is 10.1. The number of benzene rings is 6. The standard InChI is InChI=1S/C30H20N4O16S5/c35-30-28(55(48,49)50)11-17-9-20(52(39,40)41)4-6-24(17)29(30)34-33-26-12-18(7-15-1-2-21(13-25(15)26)53(42,43)44)31-32-27-14-22(54(45,46)47)10-16-8-19(51(36,37)38)3-5-23(16)27/h1-14,35H,(H,36,37,38)(H,39,40,41)(H,42,43,44)(H,45,46,47)(H,48,49,50). The summed E-state index contributed by atoms with van der Waals surface area (Å²) in [6.45, 7) is 0. The van der Waals surface area contributed by atoms with Gasteiger partial charge in [-0.15, -0.1) is 15.3 Å². The van der Waals surface area contributed by atoms with Gasteiger partial charge in [-0.25, -0.2) is 0 Å². The van der Waals surface area contributed by atoms with Crippen molar-refractivity contribution in [1.82, 2.24) is 0 Å². The van der Waals surface area contributed by atoms with E-state index in [1.54, 1.807) is 0 Å². The summed E-state index contributed by atoms with van der Waals surface area (Å²) >= 11 is 0. The maximum Gasteiger partial charge on any atom is 0.298 e. The van der Waals surface area contributed by atoms with Crippen LogP contribution in [0.5, 0.6) is 5.75 Å². The van der Waals surface area contributed by atoms with Gasteiger partial charge in [0, 0.05) is 16.2 Å². The number of fused-ring (bicyclic) bond motifs is 3. The molecule has 0 atom stereocenters. The van der Waals surface area contributed by atoms with Crippen LogP contribution in [-0.2, 0) is 50.6 Å². The fourth-order valence-corrected chi connectivity index (χ4v) is 7.99. The Morgan fingerprint density at radius 1 is 0.382 bits per heavy atom.